The fourth-order valence-electron chi connectivity index (χ4n) is 5.41. The fourth-order valence-corrected chi connectivity index (χ4v) is 5.92. The van der Waals surface area contributed by atoms with Crippen molar-refractivity contribution in [1.29, 1.82) is 0 Å². The van der Waals surface area contributed by atoms with Gasteiger partial charge in [-0.3, -0.25) is 9.69 Å². The van der Waals surface area contributed by atoms with Crippen molar-refractivity contribution >= 4 is 41.3 Å². The number of likely N-dealkylation sites (tertiary alicyclic amines) is 2. The predicted molar refractivity (Wildman–Crippen MR) is 151 cm³/mol. The minimum Gasteiger partial charge on any atom is -0.444 e. The van der Waals surface area contributed by atoms with Crippen LogP contribution < -0.4 is 5.32 Å². The van der Waals surface area contributed by atoms with Crippen molar-refractivity contribution < 1.29 is 14.3 Å². The summed E-state index contributed by atoms with van der Waals surface area (Å²) < 4.78 is 5.52. The molecule has 5 rings (SSSR count). The third-order valence-corrected chi connectivity index (χ3v) is 8.18. The number of hydrogen-bond donors (Lipinski definition) is 1. The van der Waals surface area contributed by atoms with Crippen LogP contribution in [-0.2, 0) is 16.0 Å². The minimum absolute atomic E-state index is 0.0120. The number of pyridine rings is 1. The van der Waals surface area contributed by atoms with Crippen molar-refractivity contribution in [1.82, 2.24) is 19.8 Å². The van der Waals surface area contributed by atoms with Gasteiger partial charge in [0.2, 0.25) is 5.91 Å². The molecule has 9 heteroatoms. The zero-order valence-electron chi connectivity index (χ0n) is 22.5. The van der Waals surface area contributed by atoms with Gasteiger partial charge < -0.3 is 15.0 Å². The van der Waals surface area contributed by atoms with Gasteiger partial charge >= 0.3 is 6.09 Å². The summed E-state index contributed by atoms with van der Waals surface area (Å²) in [7, 11) is 0. The third kappa shape index (κ3) is 6.32. The Morgan fingerprint density at radius 2 is 1.95 bits per heavy atom. The number of nitrogens with zero attached hydrogens (tertiary/aromatic N) is 4. The number of carbonyl (C=O) groups excluding carboxylic acids is 2. The number of thiazole rings is 1. The first-order chi connectivity index (χ1) is 18.2. The van der Waals surface area contributed by atoms with E-state index < -0.39 is 11.0 Å². The highest BCUT2D eigenvalue weighted by atomic mass is 32.1. The molecular weight excluding hydrogens is 498 g/mol. The summed E-state index contributed by atoms with van der Waals surface area (Å²) in [5, 5.41) is 5.12. The molecule has 202 valence electrons. The highest BCUT2D eigenvalue weighted by Gasteiger charge is 2.46. The second kappa shape index (κ2) is 11.0. The molecule has 3 aliphatic rings. The molecule has 0 bridgehead atoms. The lowest BCUT2D eigenvalue weighted by Crippen LogP contribution is -2.51. The lowest BCUT2D eigenvalue weighted by molar-refractivity contribution is -0.129. The van der Waals surface area contributed by atoms with E-state index in [0.717, 1.165) is 49.3 Å². The smallest absolute Gasteiger partial charge is 0.410 e. The van der Waals surface area contributed by atoms with Gasteiger partial charge in [-0.25, -0.2) is 14.8 Å². The van der Waals surface area contributed by atoms with E-state index in [1.807, 2.05) is 32.5 Å². The van der Waals surface area contributed by atoms with Crippen LogP contribution in [-0.4, -0.2) is 70.1 Å². The van der Waals surface area contributed by atoms with Gasteiger partial charge in [-0.2, -0.15) is 0 Å². The van der Waals surface area contributed by atoms with Crippen LogP contribution in [0, 0.1) is 5.41 Å². The quantitative estimate of drug-likeness (QED) is 0.576. The van der Waals surface area contributed by atoms with E-state index in [-0.39, 0.29) is 12.0 Å². The van der Waals surface area contributed by atoms with E-state index >= 15 is 0 Å². The molecule has 0 atom stereocenters. The van der Waals surface area contributed by atoms with Crippen LogP contribution in [0.15, 0.2) is 34.8 Å². The SMILES string of the molecule is CC(C)(C)OC(=O)N1CCC2(CC1)Cc1cc(C=CCN3CCC(=Cc4cscn4)CC3)cnc1NC2=O. The van der Waals surface area contributed by atoms with Gasteiger partial charge in [0.1, 0.15) is 11.4 Å². The van der Waals surface area contributed by atoms with Gasteiger partial charge in [0.15, 0.2) is 0 Å². The van der Waals surface area contributed by atoms with Crippen molar-refractivity contribution in [3.8, 4) is 0 Å². The van der Waals surface area contributed by atoms with Crippen LogP contribution in [0.25, 0.3) is 12.2 Å². The Labute approximate surface area is 228 Å². The number of rotatable bonds is 4. The summed E-state index contributed by atoms with van der Waals surface area (Å²) in [6.45, 7) is 9.64. The summed E-state index contributed by atoms with van der Waals surface area (Å²) in [5.74, 6) is 0.667. The number of fused-ring (bicyclic) bond motifs is 1. The summed E-state index contributed by atoms with van der Waals surface area (Å²) in [4.78, 5) is 38.6. The Hall–Kier alpha value is -3.04. The first-order valence-electron chi connectivity index (χ1n) is 13.4. The molecule has 0 aliphatic carbocycles. The number of aromatic nitrogens is 2. The number of nitrogens with one attached hydrogen (secondary N) is 1. The van der Waals surface area contributed by atoms with Gasteiger partial charge in [0, 0.05) is 44.3 Å². The Kier molecular flexibility index (Phi) is 7.68. The van der Waals surface area contributed by atoms with E-state index in [1.54, 1.807) is 16.2 Å². The molecule has 1 N–H and O–H groups in total. The average molecular weight is 536 g/mol. The highest BCUT2D eigenvalue weighted by molar-refractivity contribution is 7.07. The lowest BCUT2D eigenvalue weighted by atomic mass is 9.71. The molecular formula is C29H37N5O3S. The maximum Gasteiger partial charge on any atom is 0.410 e. The molecule has 2 fully saturated rings. The van der Waals surface area contributed by atoms with Crippen molar-refractivity contribution in [2.24, 2.45) is 5.41 Å². The van der Waals surface area contributed by atoms with E-state index in [9.17, 15) is 9.59 Å². The predicted octanol–water partition coefficient (Wildman–Crippen LogP) is 5.24. The molecule has 2 saturated heterocycles. The van der Waals surface area contributed by atoms with E-state index in [2.05, 4.69) is 49.9 Å². The van der Waals surface area contributed by atoms with Crippen molar-refractivity contribution in [2.75, 3.05) is 38.0 Å². The molecule has 38 heavy (non-hydrogen) atoms. The Balaban J connectivity index is 1.16. The third-order valence-electron chi connectivity index (χ3n) is 7.58. The zero-order valence-corrected chi connectivity index (χ0v) is 23.4. The molecule has 8 nitrogen and oxygen atoms in total. The molecule has 3 aliphatic heterocycles. The van der Waals surface area contributed by atoms with Gasteiger partial charge in [0.05, 0.1) is 16.6 Å². The molecule has 2 aromatic rings. The first kappa shape index (κ1) is 26.6. The Morgan fingerprint density at radius 3 is 2.63 bits per heavy atom. The van der Waals surface area contributed by atoms with Crippen LogP contribution in [0.4, 0.5) is 10.6 Å². The second-order valence-electron chi connectivity index (χ2n) is 11.6. The number of piperidine rings is 2. The molecule has 0 radical (unpaired) electrons. The zero-order chi connectivity index (χ0) is 26.8. The number of ether oxygens (including phenoxy) is 1. The maximum absolute atomic E-state index is 13.1. The summed E-state index contributed by atoms with van der Waals surface area (Å²) in [6, 6.07) is 2.14. The lowest BCUT2D eigenvalue weighted by Gasteiger charge is -2.43. The number of amides is 2. The molecule has 2 aromatic heterocycles. The Bertz CT molecular complexity index is 1210. The second-order valence-corrected chi connectivity index (χ2v) is 12.3. The van der Waals surface area contributed by atoms with Crippen LogP contribution in [0.2, 0.25) is 0 Å². The molecule has 2 amide bonds. The summed E-state index contributed by atoms with van der Waals surface area (Å²) in [5.41, 5.74) is 5.50. The van der Waals surface area contributed by atoms with Crippen molar-refractivity contribution in [2.45, 2.75) is 58.5 Å². The van der Waals surface area contributed by atoms with Crippen molar-refractivity contribution in [3.63, 3.8) is 0 Å². The van der Waals surface area contributed by atoms with Crippen LogP contribution in [0.1, 0.15) is 63.3 Å². The van der Waals surface area contributed by atoms with E-state index in [1.165, 1.54) is 5.57 Å². The first-order valence-corrected chi connectivity index (χ1v) is 14.4. The number of anilines is 1. The maximum atomic E-state index is 13.1. The van der Waals surface area contributed by atoms with Gasteiger partial charge in [-0.1, -0.05) is 17.7 Å². The molecule has 5 heterocycles. The van der Waals surface area contributed by atoms with Crippen LogP contribution in [0.5, 0.6) is 0 Å². The fraction of sp³-hybridized carbons (Fsp3) is 0.517. The summed E-state index contributed by atoms with van der Waals surface area (Å²) >= 11 is 1.64. The van der Waals surface area contributed by atoms with E-state index in [4.69, 9.17) is 4.74 Å². The van der Waals surface area contributed by atoms with E-state index in [0.29, 0.717) is 38.2 Å². The molecule has 0 unspecified atom stereocenters. The monoisotopic (exact) mass is 535 g/mol. The van der Waals surface area contributed by atoms with Crippen LogP contribution >= 0.6 is 11.3 Å². The molecule has 0 saturated carbocycles. The highest BCUT2D eigenvalue weighted by Crippen LogP contribution is 2.41. The molecule has 0 aromatic carbocycles. The minimum atomic E-state index is -0.529. The average Bonchev–Trinajstić information content (AvgIpc) is 3.38. The Morgan fingerprint density at radius 1 is 1.18 bits per heavy atom. The van der Waals surface area contributed by atoms with Crippen molar-refractivity contribution in [3.05, 3.63) is 51.6 Å². The molecule has 1 spiro atoms. The van der Waals surface area contributed by atoms with Gasteiger partial charge in [-0.15, -0.1) is 11.3 Å². The number of carbonyl (C=O) groups is 2. The van der Waals surface area contributed by atoms with Crippen LogP contribution in [0.3, 0.4) is 0 Å². The largest absolute Gasteiger partial charge is 0.444 e. The standard InChI is InChI=1S/C29H37N5O3S/c1-28(2,3)37-27(36)34-13-8-29(9-14-34)17-23-15-22(18-30-25(23)32-26(29)35)5-4-10-33-11-6-21(7-12-33)16-24-19-38-20-31-24/h4-5,15-16,18-20H,6-14,17H2,1-3H3,(H,30,32,35). The van der Waals surface area contributed by atoms with Gasteiger partial charge in [-0.05, 0) is 76.1 Å². The number of hydrogen-bond acceptors (Lipinski definition) is 7. The normalized spacial score (nSPS) is 19.9. The topological polar surface area (TPSA) is 87.7 Å². The summed E-state index contributed by atoms with van der Waals surface area (Å²) in [6.07, 6.45) is 12.1. The van der Waals surface area contributed by atoms with Gasteiger partial charge in [0.25, 0.3) is 0 Å².